The number of urea groups is 1. The van der Waals surface area contributed by atoms with Gasteiger partial charge in [0, 0.05) is 11.3 Å². The van der Waals surface area contributed by atoms with E-state index in [1.807, 2.05) is 0 Å². The molecule has 36 heavy (non-hydrogen) atoms. The van der Waals surface area contributed by atoms with Crippen LogP contribution in [0.15, 0.2) is 57.6 Å². The Morgan fingerprint density at radius 1 is 1.06 bits per heavy atom. The molecule has 0 saturated heterocycles. The molecule has 16 heteroatoms. The number of nitrogens with two attached hydrogens (primary N) is 1. The third-order valence-electron chi connectivity index (χ3n) is 4.92. The van der Waals surface area contributed by atoms with Gasteiger partial charge in [0.1, 0.15) is 10.0 Å². The fourth-order valence-corrected chi connectivity index (χ4v) is 6.27. The standard InChI is InChI=1S/C20H14ClFN4O7S3/c21-16-5-6-18(34-16)36(32,33)25-20(29)24-11-2-4-15(14(22)8-11)26-17(27)7-10-1-3-12(35(23,30)31)9-13(10)19(26)28/h1-6,8-9H,7H2,(H2,23,30,31)(H2,24,25,29). The average Bonchev–Trinajstić information content (AvgIpc) is 3.21. The fourth-order valence-electron chi connectivity index (χ4n) is 3.34. The van der Waals surface area contributed by atoms with Crippen molar-refractivity contribution >= 4 is 72.2 Å². The first-order valence-electron chi connectivity index (χ1n) is 9.68. The Morgan fingerprint density at radius 3 is 2.39 bits per heavy atom. The van der Waals surface area contributed by atoms with Gasteiger partial charge in [0.15, 0.2) is 0 Å². The van der Waals surface area contributed by atoms with E-state index in [4.69, 9.17) is 16.7 Å². The summed E-state index contributed by atoms with van der Waals surface area (Å²) in [6.07, 6.45) is -0.307. The molecule has 11 nitrogen and oxygen atoms in total. The molecule has 2 heterocycles. The molecule has 1 aliphatic rings. The SMILES string of the molecule is NS(=O)(=O)c1ccc2c(c1)C(=O)N(c1ccc(NC(=O)NS(=O)(=O)c3ccc(Cl)s3)cc1F)C(=O)C2. The molecule has 0 radical (unpaired) electrons. The minimum atomic E-state index is -4.22. The lowest BCUT2D eigenvalue weighted by atomic mass is 9.98. The molecule has 4 amide bonds. The van der Waals surface area contributed by atoms with Gasteiger partial charge in [0.25, 0.3) is 15.9 Å². The zero-order valence-electron chi connectivity index (χ0n) is 17.7. The van der Waals surface area contributed by atoms with E-state index in [1.165, 1.54) is 18.2 Å². The maximum Gasteiger partial charge on any atom is 0.333 e. The summed E-state index contributed by atoms with van der Waals surface area (Å²) >= 11 is 6.43. The quantitative estimate of drug-likeness (QED) is 0.394. The number of carbonyl (C=O) groups is 3. The second-order valence-corrected chi connectivity index (χ2v) is 12.5. The number of primary sulfonamides is 1. The van der Waals surface area contributed by atoms with Gasteiger partial charge in [-0.05, 0) is 48.0 Å². The van der Waals surface area contributed by atoms with Crippen LogP contribution in [-0.4, -0.2) is 34.7 Å². The van der Waals surface area contributed by atoms with Crippen LogP contribution in [-0.2, 0) is 31.3 Å². The highest BCUT2D eigenvalue weighted by Crippen LogP contribution is 2.30. The van der Waals surface area contributed by atoms with Crippen LogP contribution in [0.5, 0.6) is 0 Å². The lowest BCUT2D eigenvalue weighted by Gasteiger charge is -2.27. The normalized spacial score (nSPS) is 13.9. The van der Waals surface area contributed by atoms with Gasteiger partial charge >= 0.3 is 6.03 Å². The van der Waals surface area contributed by atoms with E-state index in [1.54, 1.807) is 4.72 Å². The number of anilines is 2. The highest BCUT2D eigenvalue weighted by Gasteiger charge is 2.34. The van der Waals surface area contributed by atoms with Crippen LogP contribution < -0.4 is 20.1 Å². The van der Waals surface area contributed by atoms with Gasteiger partial charge in [0.2, 0.25) is 15.9 Å². The number of nitrogens with one attached hydrogen (secondary N) is 2. The molecule has 0 spiro atoms. The Hall–Kier alpha value is -3.37. The summed E-state index contributed by atoms with van der Waals surface area (Å²) in [7, 11) is -8.36. The molecule has 2 aromatic carbocycles. The summed E-state index contributed by atoms with van der Waals surface area (Å²) in [5.41, 5.74) is -0.524. The van der Waals surface area contributed by atoms with Crippen LogP contribution in [0.25, 0.3) is 0 Å². The van der Waals surface area contributed by atoms with Crippen molar-refractivity contribution < 1.29 is 35.6 Å². The Bertz CT molecular complexity index is 1660. The zero-order valence-corrected chi connectivity index (χ0v) is 20.9. The number of amides is 4. The zero-order chi connectivity index (χ0) is 26.4. The monoisotopic (exact) mass is 572 g/mol. The Kier molecular flexibility index (Phi) is 6.61. The minimum absolute atomic E-state index is 0.138. The van der Waals surface area contributed by atoms with E-state index in [0.29, 0.717) is 4.90 Å². The number of hydrogen-bond acceptors (Lipinski definition) is 8. The van der Waals surface area contributed by atoms with Crippen molar-refractivity contribution in [3.8, 4) is 0 Å². The van der Waals surface area contributed by atoms with Crippen molar-refractivity contribution in [2.75, 3.05) is 10.2 Å². The molecular formula is C20H14ClFN4O7S3. The number of rotatable bonds is 5. The second kappa shape index (κ2) is 9.25. The molecule has 0 saturated carbocycles. The van der Waals surface area contributed by atoms with Crippen molar-refractivity contribution in [1.82, 2.24) is 4.72 Å². The molecule has 0 unspecified atom stereocenters. The van der Waals surface area contributed by atoms with Crippen LogP contribution in [0, 0.1) is 5.82 Å². The molecule has 4 N–H and O–H groups in total. The number of carbonyl (C=O) groups excluding carboxylic acids is 3. The predicted molar refractivity (Wildman–Crippen MR) is 128 cm³/mol. The molecule has 1 aliphatic heterocycles. The summed E-state index contributed by atoms with van der Waals surface area (Å²) in [6.45, 7) is 0. The Balaban J connectivity index is 1.56. The van der Waals surface area contributed by atoms with E-state index >= 15 is 0 Å². The van der Waals surface area contributed by atoms with Crippen LogP contribution in [0.3, 0.4) is 0 Å². The van der Waals surface area contributed by atoms with Crippen molar-refractivity contribution in [2.45, 2.75) is 15.5 Å². The largest absolute Gasteiger partial charge is 0.333 e. The van der Waals surface area contributed by atoms with Crippen LogP contribution >= 0.6 is 22.9 Å². The smallest absolute Gasteiger partial charge is 0.307 e. The Labute approximate surface area is 212 Å². The van der Waals surface area contributed by atoms with Crippen LogP contribution in [0.1, 0.15) is 15.9 Å². The van der Waals surface area contributed by atoms with E-state index in [-0.39, 0.29) is 36.7 Å². The number of sulfonamides is 2. The van der Waals surface area contributed by atoms with E-state index < -0.39 is 49.4 Å². The van der Waals surface area contributed by atoms with Gasteiger partial charge in [-0.15, -0.1) is 11.3 Å². The number of benzene rings is 2. The fraction of sp³-hybridized carbons (Fsp3) is 0.0500. The van der Waals surface area contributed by atoms with E-state index in [0.717, 1.165) is 41.7 Å². The van der Waals surface area contributed by atoms with Gasteiger partial charge < -0.3 is 5.32 Å². The number of imide groups is 1. The van der Waals surface area contributed by atoms with Gasteiger partial charge in [-0.2, -0.15) is 0 Å². The lowest BCUT2D eigenvalue weighted by Crippen LogP contribution is -2.43. The summed E-state index contributed by atoms with van der Waals surface area (Å²) in [4.78, 5) is 37.9. The predicted octanol–water partition coefficient (Wildman–Crippen LogP) is 2.43. The third-order valence-corrected chi connectivity index (χ3v) is 8.89. The molecule has 0 aliphatic carbocycles. The highest BCUT2D eigenvalue weighted by molar-refractivity contribution is 7.92. The molecule has 188 valence electrons. The van der Waals surface area contributed by atoms with Crippen LogP contribution in [0.2, 0.25) is 4.34 Å². The van der Waals surface area contributed by atoms with Crippen molar-refractivity contribution in [3.63, 3.8) is 0 Å². The number of nitrogens with zero attached hydrogens (tertiary/aromatic N) is 1. The van der Waals surface area contributed by atoms with Gasteiger partial charge in [-0.25, -0.2) is 40.8 Å². The van der Waals surface area contributed by atoms with Gasteiger partial charge in [-0.3, -0.25) is 9.59 Å². The molecule has 1 aromatic heterocycles. The van der Waals surface area contributed by atoms with Crippen molar-refractivity contribution in [1.29, 1.82) is 0 Å². The van der Waals surface area contributed by atoms with Gasteiger partial charge in [0.05, 0.1) is 21.3 Å². The molecular weight excluding hydrogens is 559 g/mol. The summed E-state index contributed by atoms with van der Waals surface area (Å²) in [5, 5.41) is 7.24. The number of halogens is 2. The van der Waals surface area contributed by atoms with Gasteiger partial charge in [-0.1, -0.05) is 17.7 Å². The van der Waals surface area contributed by atoms with E-state index in [2.05, 4.69) is 5.32 Å². The average molecular weight is 573 g/mol. The topological polar surface area (TPSA) is 173 Å². The number of fused-ring (bicyclic) bond motifs is 1. The molecule has 4 rings (SSSR count). The molecule has 0 bridgehead atoms. The molecule has 0 atom stereocenters. The second-order valence-electron chi connectivity index (χ2n) is 7.36. The summed E-state index contributed by atoms with van der Waals surface area (Å²) in [6, 6.07) is 7.74. The number of hydrogen-bond donors (Lipinski definition) is 3. The first kappa shape index (κ1) is 25.7. The summed E-state index contributed by atoms with van der Waals surface area (Å²) < 4.78 is 64.3. The Morgan fingerprint density at radius 2 is 1.78 bits per heavy atom. The summed E-state index contributed by atoms with van der Waals surface area (Å²) in [5.74, 6) is -2.83. The first-order chi connectivity index (χ1) is 16.8. The van der Waals surface area contributed by atoms with Crippen molar-refractivity contribution in [3.05, 3.63) is 69.8 Å². The number of thiophene rings is 1. The van der Waals surface area contributed by atoms with E-state index in [9.17, 15) is 35.6 Å². The maximum atomic E-state index is 14.9. The first-order valence-corrected chi connectivity index (χ1v) is 13.9. The van der Waals surface area contributed by atoms with Crippen molar-refractivity contribution in [2.24, 2.45) is 5.14 Å². The molecule has 3 aromatic rings. The van der Waals surface area contributed by atoms with Crippen LogP contribution in [0.4, 0.5) is 20.6 Å². The highest BCUT2D eigenvalue weighted by atomic mass is 35.5. The molecule has 0 fully saturated rings. The maximum absolute atomic E-state index is 14.9. The minimum Gasteiger partial charge on any atom is -0.307 e. The third kappa shape index (κ3) is 5.10. The lowest BCUT2D eigenvalue weighted by molar-refractivity contribution is -0.117.